The first-order chi connectivity index (χ1) is 24.0. The number of nitrogens with zero attached hydrogens (tertiary/aromatic N) is 5. The normalized spacial score (nSPS) is 14.3. The Hall–Kier alpha value is -5.24. The highest BCUT2D eigenvalue weighted by Crippen LogP contribution is 2.36. The standard InChI is InChI=1S/C36H32BrF3N6O4/c1-3-16-50-26-11-9-25(10-12-26)46-32(33(47)42-18-24-6-4-5-7-27(24)30-14-15-41-21-43-30)31-20-44(22(2)19-45(31)35(46)49)34(48)23-8-13-29(37)28(17-23)36(38,39)40/h4-15,17,21-22H,3,16,18-20H2,1-2H3,(H,42,47)/t22-/m1/s1. The van der Waals surface area contributed by atoms with Crippen molar-refractivity contribution in [3.05, 3.63) is 128 Å². The van der Waals surface area contributed by atoms with Gasteiger partial charge in [-0.3, -0.25) is 18.7 Å². The van der Waals surface area contributed by atoms with Crippen LogP contribution < -0.4 is 15.7 Å². The van der Waals surface area contributed by atoms with Crippen LogP contribution in [0.25, 0.3) is 16.9 Å². The predicted molar refractivity (Wildman–Crippen MR) is 183 cm³/mol. The molecule has 0 aliphatic carbocycles. The van der Waals surface area contributed by atoms with E-state index in [-0.39, 0.29) is 41.1 Å². The number of nitrogens with one attached hydrogen (secondary N) is 1. The molecule has 2 amide bonds. The summed E-state index contributed by atoms with van der Waals surface area (Å²) in [6, 6.07) is 18.6. The van der Waals surface area contributed by atoms with Gasteiger partial charge in [-0.15, -0.1) is 0 Å². The Balaban J connectivity index is 1.39. The zero-order valence-electron chi connectivity index (χ0n) is 27.1. The van der Waals surface area contributed by atoms with E-state index in [1.807, 2.05) is 31.2 Å². The maximum atomic E-state index is 14.2. The summed E-state index contributed by atoms with van der Waals surface area (Å²) >= 11 is 2.92. The van der Waals surface area contributed by atoms with Gasteiger partial charge in [-0.1, -0.05) is 47.1 Å². The highest BCUT2D eigenvalue weighted by molar-refractivity contribution is 9.10. The van der Waals surface area contributed by atoms with Crippen molar-refractivity contribution in [2.45, 2.75) is 52.1 Å². The fraction of sp³-hybridized carbons (Fsp3) is 0.250. The number of rotatable bonds is 9. The quantitative estimate of drug-likeness (QED) is 0.181. The minimum Gasteiger partial charge on any atom is -0.494 e. The van der Waals surface area contributed by atoms with E-state index in [1.54, 1.807) is 43.5 Å². The number of benzene rings is 3. The van der Waals surface area contributed by atoms with E-state index in [1.165, 1.54) is 32.5 Å². The number of halogens is 4. The maximum absolute atomic E-state index is 14.2. The largest absolute Gasteiger partial charge is 0.494 e. The van der Waals surface area contributed by atoms with Crippen LogP contribution in [0, 0.1) is 0 Å². The maximum Gasteiger partial charge on any atom is 0.417 e. The molecule has 1 atom stereocenters. The fourth-order valence-electron chi connectivity index (χ4n) is 5.95. The molecule has 2 aromatic heterocycles. The zero-order chi connectivity index (χ0) is 35.6. The predicted octanol–water partition coefficient (Wildman–Crippen LogP) is 6.64. The Kier molecular flexibility index (Phi) is 9.91. The van der Waals surface area contributed by atoms with E-state index >= 15 is 0 Å². The van der Waals surface area contributed by atoms with Gasteiger partial charge in [0.1, 0.15) is 17.8 Å². The molecule has 0 unspecified atom stereocenters. The summed E-state index contributed by atoms with van der Waals surface area (Å²) in [6.07, 6.45) is -0.825. The van der Waals surface area contributed by atoms with E-state index in [4.69, 9.17) is 4.74 Å². The number of carbonyl (C=O) groups is 2. The number of hydrogen-bond acceptors (Lipinski definition) is 6. The molecule has 0 saturated carbocycles. The zero-order valence-corrected chi connectivity index (χ0v) is 28.7. The number of fused-ring (bicyclic) bond motifs is 1. The van der Waals surface area contributed by atoms with Gasteiger partial charge in [0.15, 0.2) is 0 Å². The lowest BCUT2D eigenvalue weighted by molar-refractivity contribution is -0.138. The third-order valence-electron chi connectivity index (χ3n) is 8.42. The van der Waals surface area contributed by atoms with E-state index in [0.717, 1.165) is 23.6 Å². The van der Waals surface area contributed by atoms with E-state index in [0.29, 0.717) is 23.7 Å². The monoisotopic (exact) mass is 748 g/mol. The van der Waals surface area contributed by atoms with Crippen LogP contribution in [-0.4, -0.2) is 48.5 Å². The summed E-state index contributed by atoms with van der Waals surface area (Å²) in [5.74, 6) is -0.646. The van der Waals surface area contributed by atoms with Crippen LogP contribution in [0.1, 0.15) is 57.9 Å². The second-order valence-corrected chi connectivity index (χ2v) is 12.6. The Labute approximate surface area is 293 Å². The number of aromatic nitrogens is 4. The number of hydrogen-bond donors (Lipinski definition) is 1. The van der Waals surface area contributed by atoms with Crippen LogP contribution in [0.5, 0.6) is 5.75 Å². The Morgan fingerprint density at radius 1 is 1.06 bits per heavy atom. The SMILES string of the molecule is CCCOc1ccc(-n2c(C(=O)NCc3ccccc3-c3ccncn3)c3n(c2=O)C[C@@H](C)N(C(=O)c2ccc(Br)c(C(F)(F)F)c2)C3)cc1. The average Bonchev–Trinajstić information content (AvgIpc) is 3.40. The first-order valence-corrected chi connectivity index (χ1v) is 16.6. The third kappa shape index (κ3) is 6.93. The second-order valence-electron chi connectivity index (χ2n) is 11.8. The molecule has 3 heterocycles. The summed E-state index contributed by atoms with van der Waals surface area (Å²) in [6.45, 7) is 4.10. The van der Waals surface area contributed by atoms with Crippen molar-refractivity contribution in [1.82, 2.24) is 29.3 Å². The molecule has 1 aliphatic rings. The van der Waals surface area contributed by atoms with Crippen LogP contribution in [-0.2, 0) is 25.8 Å². The molecular weight excluding hydrogens is 717 g/mol. The van der Waals surface area contributed by atoms with Gasteiger partial charge in [-0.25, -0.2) is 14.8 Å². The number of alkyl halides is 3. The van der Waals surface area contributed by atoms with Crippen molar-refractivity contribution in [2.75, 3.05) is 6.61 Å². The minimum atomic E-state index is -4.69. The van der Waals surface area contributed by atoms with Gasteiger partial charge in [0.05, 0.1) is 35.8 Å². The topological polar surface area (TPSA) is 111 Å². The molecule has 0 spiro atoms. The Morgan fingerprint density at radius 2 is 1.82 bits per heavy atom. The molecule has 0 fully saturated rings. The lowest BCUT2D eigenvalue weighted by Crippen LogP contribution is -2.47. The fourth-order valence-corrected chi connectivity index (χ4v) is 6.42. The van der Waals surface area contributed by atoms with Crippen molar-refractivity contribution in [3.63, 3.8) is 0 Å². The Bertz CT molecular complexity index is 2100. The van der Waals surface area contributed by atoms with Gasteiger partial charge >= 0.3 is 11.9 Å². The van der Waals surface area contributed by atoms with Gasteiger partial charge in [0.25, 0.3) is 11.8 Å². The molecule has 5 aromatic rings. The molecule has 50 heavy (non-hydrogen) atoms. The lowest BCUT2D eigenvalue weighted by atomic mass is 10.0. The van der Waals surface area contributed by atoms with Crippen molar-refractivity contribution >= 4 is 27.7 Å². The Morgan fingerprint density at radius 3 is 2.52 bits per heavy atom. The molecule has 3 aromatic carbocycles. The second kappa shape index (κ2) is 14.3. The highest BCUT2D eigenvalue weighted by Gasteiger charge is 2.37. The molecule has 1 aliphatic heterocycles. The average molecular weight is 750 g/mol. The smallest absolute Gasteiger partial charge is 0.417 e. The summed E-state index contributed by atoms with van der Waals surface area (Å²) in [7, 11) is 0. The molecule has 0 saturated heterocycles. The van der Waals surface area contributed by atoms with E-state index in [2.05, 4.69) is 31.2 Å². The summed E-state index contributed by atoms with van der Waals surface area (Å²) in [4.78, 5) is 51.7. The van der Waals surface area contributed by atoms with Crippen molar-refractivity contribution in [1.29, 1.82) is 0 Å². The van der Waals surface area contributed by atoms with Crippen LogP contribution in [0.15, 0.2) is 94.6 Å². The lowest BCUT2D eigenvalue weighted by Gasteiger charge is -2.34. The highest BCUT2D eigenvalue weighted by atomic mass is 79.9. The molecular formula is C36H32BrF3N6O4. The van der Waals surface area contributed by atoms with Crippen molar-refractivity contribution < 1.29 is 27.5 Å². The van der Waals surface area contributed by atoms with Gasteiger partial charge < -0.3 is 15.0 Å². The summed E-state index contributed by atoms with van der Waals surface area (Å²) in [5.41, 5.74) is 1.24. The molecule has 1 N–H and O–H groups in total. The number of ether oxygens (including phenoxy) is 1. The molecule has 6 rings (SSSR count). The molecule has 0 bridgehead atoms. The van der Waals surface area contributed by atoms with Crippen LogP contribution >= 0.6 is 15.9 Å². The van der Waals surface area contributed by atoms with E-state index < -0.39 is 35.3 Å². The third-order valence-corrected chi connectivity index (χ3v) is 9.11. The molecule has 0 radical (unpaired) electrons. The van der Waals surface area contributed by atoms with Gasteiger partial charge in [0, 0.05) is 40.9 Å². The molecule has 14 heteroatoms. The number of carbonyl (C=O) groups excluding carboxylic acids is 2. The summed E-state index contributed by atoms with van der Waals surface area (Å²) < 4.78 is 49.4. The summed E-state index contributed by atoms with van der Waals surface area (Å²) in [5, 5.41) is 2.94. The number of amides is 2. The van der Waals surface area contributed by atoms with Crippen LogP contribution in [0.4, 0.5) is 13.2 Å². The van der Waals surface area contributed by atoms with Crippen molar-refractivity contribution in [3.8, 4) is 22.7 Å². The molecule has 10 nitrogen and oxygen atoms in total. The van der Waals surface area contributed by atoms with E-state index in [9.17, 15) is 27.6 Å². The van der Waals surface area contributed by atoms with Gasteiger partial charge in [0.2, 0.25) is 0 Å². The number of imidazole rings is 1. The van der Waals surface area contributed by atoms with Gasteiger partial charge in [-0.2, -0.15) is 13.2 Å². The molecule has 258 valence electrons. The van der Waals surface area contributed by atoms with Crippen LogP contribution in [0.3, 0.4) is 0 Å². The van der Waals surface area contributed by atoms with Crippen LogP contribution in [0.2, 0.25) is 0 Å². The van der Waals surface area contributed by atoms with Crippen molar-refractivity contribution in [2.24, 2.45) is 0 Å². The first kappa shape index (κ1) is 34.6. The first-order valence-electron chi connectivity index (χ1n) is 15.9. The van der Waals surface area contributed by atoms with Gasteiger partial charge in [-0.05, 0) is 67.4 Å². The minimum absolute atomic E-state index is 0.00762.